The lowest BCUT2D eigenvalue weighted by atomic mass is 9.86. The zero-order valence-electron chi connectivity index (χ0n) is 11.1. The number of rotatable bonds is 3. The summed E-state index contributed by atoms with van der Waals surface area (Å²) in [4.78, 5) is 0. The SMILES string of the molecule is OC1([CH]Cc2ccc3ccccc3c2)CCNCC1. The quantitative estimate of drug-likeness (QED) is 0.882. The van der Waals surface area contributed by atoms with Crippen molar-refractivity contribution in [2.75, 3.05) is 13.1 Å². The monoisotopic (exact) mass is 254 g/mol. The fourth-order valence-corrected chi connectivity index (χ4v) is 2.74. The van der Waals surface area contributed by atoms with Crippen LogP contribution in [0.4, 0.5) is 0 Å². The Hall–Kier alpha value is -1.38. The number of piperidine rings is 1. The molecule has 2 N–H and O–H groups in total. The summed E-state index contributed by atoms with van der Waals surface area (Å²) in [6.07, 6.45) is 4.56. The molecule has 99 valence electrons. The molecular weight excluding hydrogens is 234 g/mol. The molecule has 1 saturated heterocycles. The molecule has 0 aromatic heterocycles. The molecule has 1 aliphatic heterocycles. The molecule has 2 heteroatoms. The predicted octanol–water partition coefficient (Wildman–Crippen LogP) is 2.70. The van der Waals surface area contributed by atoms with Crippen LogP contribution in [0.5, 0.6) is 0 Å². The van der Waals surface area contributed by atoms with Crippen LogP contribution >= 0.6 is 0 Å². The van der Waals surface area contributed by atoms with Gasteiger partial charge >= 0.3 is 0 Å². The van der Waals surface area contributed by atoms with E-state index in [-0.39, 0.29) is 0 Å². The second-order valence-electron chi connectivity index (χ2n) is 5.44. The van der Waals surface area contributed by atoms with Crippen molar-refractivity contribution in [3.63, 3.8) is 0 Å². The summed E-state index contributed by atoms with van der Waals surface area (Å²) >= 11 is 0. The average Bonchev–Trinajstić information content (AvgIpc) is 2.46. The van der Waals surface area contributed by atoms with Crippen molar-refractivity contribution < 1.29 is 5.11 Å². The lowest BCUT2D eigenvalue weighted by Gasteiger charge is -2.32. The Morgan fingerprint density at radius 2 is 1.79 bits per heavy atom. The van der Waals surface area contributed by atoms with Crippen LogP contribution in [-0.4, -0.2) is 23.8 Å². The average molecular weight is 254 g/mol. The van der Waals surface area contributed by atoms with E-state index in [1.165, 1.54) is 16.3 Å². The van der Waals surface area contributed by atoms with E-state index < -0.39 is 5.60 Å². The van der Waals surface area contributed by atoms with E-state index in [9.17, 15) is 5.11 Å². The van der Waals surface area contributed by atoms with Crippen molar-refractivity contribution in [3.8, 4) is 0 Å². The summed E-state index contributed by atoms with van der Waals surface area (Å²) in [6.45, 7) is 1.81. The van der Waals surface area contributed by atoms with Crippen LogP contribution in [0.1, 0.15) is 18.4 Å². The Kier molecular flexibility index (Phi) is 3.54. The molecule has 0 atom stereocenters. The number of benzene rings is 2. The molecule has 2 nitrogen and oxygen atoms in total. The van der Waals surface area contributed by atoms with E-state index in [1.54, 1.807) is 0 Å². The molecule has 19 heavy (non-hydrogen) atoms. The van der Waals surface area contributed by atoms with Gasteiger partial charge in [0.2, 0.25) is 0 Å². The van der Waals surface area contributed by atoms with Crippen molar-refractivity contribution in [1.29, 1.82) is 0 Å². The van der Waals surface area contributed by atoms with E-state index in [0.29, 0.717) is 0 Å². The van der Waals surface area contributed by atoms with Crippen LogP contribution in [0.25, 0.3) is 10.8 Å². The van der Waals surface area contributed by atoms with Gasteiger partial charge < -0.3 is 10.4 Å². The predicted molar refractivity (Wildman–Crippen MR) is 79.0 cm³/mol. The molecule has 1 heterocycles. The van der Waals surface area contributed by atoms with Gasteiger partial charge in [0.1, 0.15) is 0 Å². The van der Waals surface area contributed by atoms with E-state index >= 15 is 0 Å². The molecule has 0 spiro atoms. The molecule has 3 rings (SSSR count). The highest BCUT2D eigenvalue weighted by Gasteiger charge is 2.28. The maximum absolute atomic E-state index is 10.5. The van der Waals surface area contributed by atoms with Gasteiger partial charge in [0.25, 0.3) is 0 Å². The van der Waals surface area contributed by atoms with Crippen molar-refractivity contribution in [2.24, 2.45) is 0 Å². The first-order valence-electron chi connectivity index (χ1n) is 7.00. The molecule has 0 bridgehead atoms. The minimum Gasteiger partial charge on any atom is -0.389 e. The zero-order valence-corrected chi connectivity index (χ0v) is 11.1. The van der Waals surface area contributed by atoms with Crippen molar-refractivity contribution >= 4 is 10.8 Å². The van der Waals surface area contributed by atoms with Crippen LogP contribution < -0.4 is 5.32 Å². The largest absolute Gasteiger partial charge is 0.389 e. The smallest absolute Gasteiger partial charge is 0.0707 e. The molecule has 0 unspecified atom stereocenters. The van der Waals surface area contributed by atoms with E-state index in [2.05, 4.69) is 54.2 Å². The van der Waals surface area contributed by atoms with Crippen LogP contribution in [0.3, 0.4) is 0 Å². The summed E-state index contributed by atoms with van der Waals surface area (Å²) in [5.74, 6) is 0. The summed E-state index contributed by atoms with van der Waals surface area (Å²) in [6, 6.07) is 14.9. The van der Waals surface area contributed by atoms with Crippen LogP contribution in [0.15, 0.2) is 42.5 Å². The molecule has 0 amide bonds. The third-order valence-corrected chi connectivity index (χ3v) is 4.00. The Labute approximate surface area is 114 Å². The summed E-state index contributed by atoms with van der Waals surface area (Å²) in [7, 11) is 0. The summed E-state index contributed by atoms with van der Waals surface area (Å²) < 4.78 is 0. The maximum atomic E-state index is 10.5. The fraction of sp³-hybridized carbons (Fsp3) is 0.353. The van der Waals surface area contributed by atoms with Gasteiger partial charge in [0.05, 0.1) is 5.60 Å². The van der Waals surface area contributed by atoms with Crippen LogP contribution in [0.2, 0.25) is 0 Å². The lowest BCUT2D eigenvalue weighted by Crippen LogP contribution is -2.42. The summed E-state index contributed by atoms with van der Waals surface area (Å²) in [5, 5.41) is 16.3. The highest BCUT2D eigenvalue weighted by atomic mass is 16.3. The summed E-state index contributed by atoms with van der Waals surface area (Å²) in [5.41, 5.74) is 0.683. The normalized spacial score (nSPS) is 18.6. The molecule has 1 fully saturated rings. The second kappa shape index (κ2) is 5.32. The molecule has 1 radical (unpaired) electrons. The van der Waals surface area contributed by atoms with Gasteiger partial charge in [-0.15, -0.1) is 0 Å². The molecular formula is C17H20NO. The minimum absolute atomic E-state index is 0.586. The van der Waals surface area contributed by atoms with E-state index in [4.69, 9.17) is 0 Å². The molecule has 0 aliphatic carbocycles. The third kappa shape index (κ3) is 2.96. The number of nitrogens with one attached hydrogen (secondary N) is 1. The van der Waals surface area contributed by atoms with Gasteiger partial charge in [-0.25, -0.2) is 0 Å². The van der Waals surface area contributed by atoms with Gasteiger partial charge in [0, 0.05) is 0 Å². The minimum atomic E-state index is -0.586. The van der Waals surface area contributed by atoms with Gasteiger partial charge in [-0.3, -0.25) is 0 Å². The van der Waals surface area contributed by atoms with Crippen molar-refractivity contribution in [2.45, 2.75) is 24.9 Å². The Balaban J connectivity index is 1.71. The van der Waals surface area contributed by atoms with Gasteiger partial charge in [0.15, 0.2) is 0 Å². The van der Waals surface area contributed by atoms with E-state index in [1.807, 2.05) is 0 Å². The first-order chi connectivity index (χ1) is 9.25. The van der Waals surface area contributed by atoms with E-state index in [0.717, 1.165) is 32.4 Å². The number of fused-ring (bicyclic) bond motifs is 1. The number of hydrogen-bond donors (Lipinski definition) is 2. The van der Waals surface area contributed by atoms with Crippen molar-refractivity contribution in [3.05, 3.63) is 54.4 Å². The number of aliphatic hydroxyl groups is 1. The molecule has 1 aliphatic rings. The van der Waals surface area contributed by atoms with Crippen LogP contribution in [-0.2, 0) is 6.42 Å². The van der Waals surface area contributed by atoms with Gasteiger partial charge in [-0.05, 0) is 55.1 Å². The highest BCUT2D eigenvalue weighted by molar-refractivity contribution is 5.83. The third-order valence-electron chi connectivity index (χ3n) is 4.00. The first kappa shape index (κ1) is 12.6. The zero-order chi connectivity index (χ0) is 13.1. The lowest BCUT2D eigenvalue weighted by molar-refractivity contribution is 0.0402. The Bertz CT molecular complexity index is 558. The molecule has 0 saturated carbocycles. The second-order valence-corrected chi connectivity index (χ2v) is 5.44. The Morgan fingerprint density at radius 1 is 1.05 bits per heavy atom. The Morgan fingerprint density at radius 3 is 2.58 bits per heavy atom. The highest BCUT2D eigenvalue weighted by Crippen LogP contribution is 2.24. The molecule has 2 aromatic rings. The van der Waals surface area contributed by atoms with Crippen molar-refractivity contribution in [1.82, 2.24) is 5.32 Å². The topological polar surface area (TPSA) is 32.3 Å². The number of hydrogen-bond acceptors (Lipinski definition) is 2. The van der Waals surface area contributed by atoms with Crippen LogP contribution in [0, 0.1) is 6.42 Å². The van der Waals surface area contributed by atoms with Gasteiger partial charge in [-0.2, -0.15) is 0 Å². The first-order valence-corrected chi connectivity index (χ1v) is 7.00. The van der Waals surface area contributed by atoms with Gasteiger partial charge in [-0.1, -0.05) is 42.5 Å². The fourth-order valence-electron chi connectivity index (χ4n) is 2.74. The molecule has 2 aromatic carbocycles. The standard InChI is InChI=1S/C17H20NO/c19-17(9-11-18-12-10-17)8-7-14-5-6-15-3-1-2-4-16(15)13-14/h1-6,8,13,18-19H,7,9-12H2. The maximum Gasteiger partial charge on any atom is 0.0707 e.